The van der Waals surface area contributed by atoms with Crippen LogP contribution in [0.15, 0.2) is 16.3 Å². The first-order valence-electron chi connectivity index (χ1n) is 5.24. The van der Waals surface area contributed by atoms with Crippen LogP contribution in [0.25, 0.3) is 0 Å². The molecule has 0 radical (unpaired) electrons. The molecule has 0 amide bonds. The van der Waals surface area contributed by atoms with Crippen molar-refractivity contribution in [3.63, 3.8) is 0 Å². The molecule has 0 spiro atoms. The maximum Gasteiger partial charge on any atom is 0.250 e. The molecule has 2 rings (SSSR count). The molecule has 16 heavy (non-hydrogen) atoms. The lowest BCUT2D eigenvalue weighted by molar-refractivity contribution is 0.501. The van der Waals surface area contributed by atoms with E-state index in [1.54, 1.807) is 6.07 Å². The average molecular weight is 260 g/mol. The molecular formula is C10H16N2O2S2. The van der Waals surface area contributed by atoms with Crippen LogP contribution in [0, 0.1) is 12.3 Å². The van der Waals surface area contributed by atoms with Crippen LogP contribution in [0.3, 0.4) is 0 Å². The monoisotopic (exact) mass is 260 g/mol. The van der Waals surface area contributed by atoms with E-state index in [4.69, 9.17) is 5.73 Å². The third-order valence-electron chi connectivity index (χ3n) is 3.01. The Bertz CT molecular complexity index is 475. The topological polar surface area (TPSA) is 72.2 Å². The summed E-state index contributed by atoms with van der Waals surface area (Å²) < 4.78 is 26.8. The van der Waals surface area contributed by atoms with Crippen molar-refractivity contribution in [2.24, 2.45) is 11.1 Å². The summed E-state index contributed by atoms with van der Waals surface area (Å²) in [6.07, 6.45) is 2.05. The summed E-state index contributed by atoms with van der Waals surface area (Å²) in [7, 11) is -3.33. The van der Waals surface area contributed by atoms with Crippen molar-refractivity contribution in [2.75, 3.05) is 13.1 Å². The van der Waals surface area contributed by atoms with Gasteiger partial charge in [0.2, 0.25) is 10.0 Å². The van der Waals surface area contributed by atoms with E-state index in [0.29, 0.717) is 17.3 Å². The van der Waals surface area contributed by atoms with Gasteiger partial charge in [-0.3, -0.25) is 0 Å². The van der Waals surface area contributed by atoms with Crippen LogP contribution in [0.4, 0.5) is 0 Å². The molecule has 1 aromatic rings. The van der Waals surface area contributed by atoms with Gasteiger partial charge in [-0.05, 0) is 43.9 Å². The first-order chi connectivity index (χ1) is 7.47. The Morgan fingerprint density at radius 2 is 2.19 bits per heavy atom. The maximum absolute atomic E-state index is 11.9. The predicted octanol–water partition coefficient (Wildman–Crippen LogP) is 1.07. The molecule has 4 nitrogen and oxygen atoms in total. The van der Waals surface area contributed by atoms with Crippen molar-refractivity contribution in [1.82, 2.24) is 4.72 Å². The summed E-state index contributed by atoms with van der Waals surface area (Å²) >= 11 is 1.29. The molecule has 0 aromatic carbocycles. The fraction of sp³-hybridized carbons (Fsp3) is 0.600. The lowest BCUT2D eigenvalue weighted by Crippen LogP contribution is -2.33. The van der Waals surface area contributed by atoms with Crippen molar-refractivity contribution >= 4 is 21.4 Å². The summed E-state index contributed by atoms with van der Waals surface area (Å²) in [6, 6.07) is 3.46. The number of sulfonamides is 1. The average Bonchev–Trinajstić information content (AvgIpc) is 2.91. The molecule has 0 aliphatic heterocycles. The number of nitrogens with one attached hydrogen (secondary N) is 1. The van der Waals surface area contributed by atoms with Crippen molar-refractivity contribution in [1.29, 1.82) is 0 Å². The fourth-order valence-corrected chi connectivity index (χ4v) is 3.99. The number of rotatable bonds is 5. The van der Waals surface area contributed by atoms with Crippen molar-refractivity contribution < 1.29 is 8.42 Å². The minimum atomic E-state index is -3.33. The van der Waals surface area contributed by atoms with Gasteiger partial charge in [0.25, 0.3) is 0 Å². The van der Waals surface area contributed by atoms with Crippen molar-refractivity contribution in [3.8, 4) is 0 Å². The zero-order valence-electron chi connectivity index (χ0n) is 9.19. The summed E-state index contributed by atoms with van der Waals surface area (Å²) in [5.41, 5.74) is 5.64. The van der Waals surface area contributed by atoms with Crippen LogP contribution < -0.4 is 10.5 Å². The third-order valence-corrected chi connectivity index (χ3v) is 5.90. The van der Waals surface area contributed by atoms with Crippen LogP contribution in [0.1, 0.15) is 17.7 Å². The molecule has 6 heteroatoms. The summed E-state index contributed by atoms with van der Waals surface area (Å²) in [5, 5.41) is 0. The lowest BCUT2D eigenvalue weighted by atomic mass is 10.1. The summed E-state index contributed by atoms with van der Waals surface area (Å²) in [4.78, 5) is 1.00. The number of nitrogens with two attached hydrogens (primary N) is 1. The van der Waals surface area contributed by atoms with Gasteiger partial charge in [0.15, 0.2) is 0 Å². The zero-order chi connectivity index (χ0) is 11.8. The van der Waals surface area contributed by atoms with Gasteiger partial charge in [0, 0.05) is 11.4 Å². The minimum absolute atomic E-state index is 0.0272. The lowest BCUT2D eigenvalue weighted by Gasteiger charge is -2.12. The number of thiophene rings is 1. The van der Waals surface area contributed by atoms with Crippen LogP contribution in [-0.2, 0) is 10.0 Å². The van der Waals surface area contributed by atoms with Gasteiger partial charge >= 0.3 is 0 Å². The molecule has 0 unspecified atom stereocenters. The van der Waals surface area contributed by atoms with E-state index < -0.39 is 10.0 Å². The van der Waals surface area contributed by atoms with Crippen LogP contribution in [0.2, 0.25) is 0 Å². The molecule has 0 saturated heterocycles. The normalized spacial score (nSPS) is 18.6. The smallest absolute Gasteiger partial charge is 0.250 e. The second kappa shape index (κ2) is 4.10. The number of hydrogen-bond acceptors (Lipinski definition) is 4. The van der Waals surface area contributed by atoms with Crippen LogP contribution >= 0.6 is 11.3 Å². The van der Waals surface area contributed by atoms with Crippen molar-refractivity contribution in [3.05, 3.63) is 17.0 Å². The fourth-order valence-electron chi connectivity index (χ4n) is 1.51. The Balaban J connectivity index is 2.04. The number of aryl methyl sites for hydroxylation is 1. The third kappa shape index (κ3) is 2.45. The molecular weight excluding hydrogens is 244 g/mol. The van der Waals surface area contributed by atoms with Gasteiger partial charge < -0.3 is 5.73 Å². The standard InChI is InChI=1S/C10H16N2O2S2/c1-8-2-3-9(15-8)16(13,14)12-7-10(6-11)4-5-10/h2-3,12H,4-7,11H2,1H3. The first kappa shape index (κ1) is 12.0. The zero-order valence-corrected chi connectivity index (χ0v) is 10.8. The highest BCUT2D eigenvalue weighted by Crippen LogP contribution is 2.44. The maximum atomic E-state index is 11.9. The summed E-state index contributed by atoms with van der Waals surface area (Å²) in [5.74, 6) is 0. The molecule has 3 N–H and O–H groups in total. The Morgan fingerprint density at radius 1 is 1.50 bits per heavy atom. The second-order valence-electron chi connectivity index (χ2n) is 4.39. The molecule has 1 aliphatic rings. The first-order valence-corrected chi connectivity index (χ1v) is 7.54. The molecule has 1 heterocycles. The minimum Gasteiger partial charge on any atom is -0.330 e. The molecule has 1 aliphatic carbocycles. The SMILES string of the molecule is Cc1ccc(S(=O)(=O)NCC2(CN)CC2)s1. The van der Waals surface area contributed by atoms with E-state index in [1.165, 1.54) is 11.3 Å². The van der Waals surface area contributed by atoms with Gasteiger partial charge in [-0.2, -0.15) is 0 Å². The largest absolute Gasteiger partial charge is 0.330 e. The highest BCUT2D eigenvalue weighted by molar-refractivity contribution is 7.91. The van der Waals surface area contributed by atoms with Crippen LogP contribution in [0.5, 0.6) is 0 Å². The van der Waals surface area contributed by atoms with Gasteiger partial charge in [0.1, 0.15) is 4.21 Å². The van der Waals surface area contributed by atoms with Gasteiger partial charge in [-0.15, -0.1) is 11.3 Å². The summed E-state index contributed by atoms with van der Waals surface area (Å²) in [6.45, 7) is 2.91. The van der Waals surface area contributed by atoms with E-state index in [-0.39, 0.29) is 5.41 Å². The van der Waals surface area contributed by atoms with E-state index in [2.05, 4.69) is 4.72 Å². The Hall–Kier alpha value is -0.430. The van der Waals surface area contributed by atoms with Gasteiger partial charge in [0.05, 0.1) is 0 Å². The molecule has 1 fully saturated rings. The molecule has 1 saturated carbocycles. The van der Waals surface area contributed by atoms with E-state index in [0.717, 1.165) is 17.7 Å². The van der Waals surface area contributed by atoms with Gasteiger partial charge in [-0.25, -0.2) is 13.1 Å². The highest BCUT2D eigenvalue weighted by Gasteiger charge is 2.41. The van der Waals surface area contributed by atoms with Crippen LogP contribution in [-0.4, -0.2) is 21.5 Å². The molecule has 0 bridgehead atoms. The highest BCUT2D eigenvalue weighted by atomic mass is 32.2. The quantitative estimate of drug-likeness (QED) is 0.832. The second-order valence-corrected chi connectivity index (χ2v) is 7.68. The molecule has 0 atom stereocenters. The van der Waals surface area contributed by atoms with E-state index >= 15 is 0 Å². The van der Waals surface area contributed by atoms with E-state index in [1.807, 2.05) is 13.0 Å². The van der Waals surface area contributed by atoms with Gasteiger partial charge in [-0.1, -0.05) is 0 Å². The molecule has 90 valence electrons. The Morgan fingerprint density at radius 3 is 2.62 bits per heavy atom. The number of hydrogen-bond donors (Lipinski definition) is 2. The predicted molar refractivity (Wildman–Crippen MR) is 65.0 cm³/mol. The van der Waals surface area contributed by atoms with Crippen molar-refractivity contribution in [2.45, 2.75) is 24.0 Å². The van der Waals surface area contributed by atoms with E-state index in [9.17, 15) is 8.42 Å². The Kier molecular flexibility index (Phi) is 3.09. The Labute approximate surface area is 99.9 Å². The molecule has 1 aromatic heterocycles.